The van der Waals surface area contributed by atoms with Crippen LogP contribution in [0, 0.1) is 13.8 Å². The van der Waals surface area contributed by atoms with Crippen LogP contribution in [-0.4, -0.2) is 49.4 Å². The zero-order chi connectivity index (χ0) is 33.0. The molecule has 238 valence electrons. The van der Waals surface area contributed by atoms with E-state index >= 15 is 0 Å². The standard InChI is InChI=1S/C36H35NO8S/c1-23-20-28(35(38)39)21-24(2)34(23)45-36(40)33-26(13-10-25-11-15-29(44-3)16-12-25)14-17-32-30(33)22-27-8-4-5-9-31(27)37(32)18-6-7-19-46(41,42)43/h4-5,8-17,20-21H,6-7,18-19,22H2,1-3H3,(H,38,39)(H,41,42,43). The monoisotopic (exact) mass is 641 g/mol. The zero-order valence-corrected chi connectivity index (χ0v) is 26.6. The number of carboxylic acids is 1. The molecule has 4 aromatic carbocycles. The van der Waals surface area contributed by atoms with E-state index in [1.165, 1.54) is 12.1 Å². The second-order valence-electron chi connectivity index (χ2n) is 11.2. The zero-order valence-electron chi connectivity index (χ0n) is 25.8. The van der Waals surface area contributed by atoms with E-state index in [1.807, 2.05) is 72.8 Å². The van der Waals surface area contributed by atoms with Crippen LogP contribution < -0.4 is 14.4 Å². The van der Waals surface area contributed by atoms with E-state index in [-0.39, 0.29) is 17.7 Å². The van der Waals surface area contributed by atoms with Crippen molar-refractivity contribution in [3.63, 3.8) is 0 Å². The smallest absolute Gasteiger partial charge is 0.344 e. The first-order valence-corrected chi connectivity index (χ1v) is 16.4. The van der Waals surface area contributed by atoms with E-state index in [0.717, 1.165) is 33.8 Å². The van der Waals surface area contributed by atoms with E-state index in [2.05, 4.69) is 4.90 Å². The first-order chi connectivity index (χ1) is 21.9. The van der Waals surface area contributed by atoms with Gasteiger partial charge >= 0.3 is 11.9 Å². The van der Waals surface area contributed by atoms with Crippen LogP contribution in [0.25, 0.3) is 12.2 Å². The Kier molecular flexibility index (Phi) is 9.60. The van der Waals surface area contributed by atoms with Gasteiger partial charge in [0.15, 0.2) is 0 Å². The quantitative estimate of drug-likeness (QED) is 0.0578. The molecule has 0 amide bonds. The van der Waals surface area contributed by atoms with Gasteiger partial charge in [0.05, 0.1) is 24.0 Å². The van der Waals surface area contributed by atoms with Gasteiger partial charge in [0.2, 0.25) is 0 Å². The molecule has 0 saturated carbocycles. The number of aryl methyl sites for hydroxylation is 2. The van der Waals surface area contributed by atoms with E-state index < -0.39 is 22.1 Å². The average molecular weight is 642 g/mol. The molecule has 0 radical (unpaired) electrons. The minimum Gasteiger partial charge on any atom is -0.497 e. The van der Waals surface area contributed by atoms with Crippen LogP contribution in [0.5, 0.6) is 11.5 Å². The van der Waals surface area contributed by atoms with E-state index in [9.17, 15) is 27.7 Å². The van der Waals surface area contributed by atoms with Crippen molar-refractivity contribution in [3.8, 4) is 11.5 Å². The SMILES string of the molecule is COc1ccc(C=Cc2ccc3c(c2C(=O)Oc2c(C)cc(C(=O)O)cc2C)Cc2ccccc2N3CCCCS(=O)(=O)O)cc1. The molecule has 0 aromatic heterocycles. The molecular formula is C36H35NO8S. The molecule has 0 aliphatic carbocycles. The molecular weight excluding hydrogens is 606 g/mol. The molecule has 0 atom stereocenters. The molecule has 1 heterocycles. The summed E-state index contributed by atoms with van der Waals surface area (Å²) >= 11 is 0. The lowest BCUT2D eigenvalue weighted by atomic mass is 9.88. The van der Waals surface area contributed by atoms with Crippen LogP contribution in [0.1, 0.15) is 66.9 Å². The number of carbonyl (C=O) groups excluding carboxylic acids is 1. The van der Waals surface area contributed by atoms with Gasteiger partial charge in [-0.15, -0.1) is 0 Å². The van der Waals surface area contributed by atoms with Crippen LogP contribution in [0.2, 0.25) is 0 Å². The highest BCUT2D eigenvalue weighted by atomic mass is 32.2. The average Bonchev–Trinajstić information content (AvgIpc) is 3.02. The number of hydrogen-bond acceptors (Lipinski definition) is 7. The van der Waals surface area contributed by atoms with Gasteiger partial charge in [0.25, 0.3) is 10.1 Å². The molecule has 4 aromatic rings. The Labute approximate surface area is 268 Å². The van der Waals surface area contributed by atoms with Crippen LogP contribution >= 0.6 is 0 Å². The van der Waals surface area contributed by atoms with Gasteiger partial charge in [-0.05, 0) is 96.5 Å². The predicted octanol–water partition coefficient (Wildman–Crippen LogP) is 7.11. The van der Waals surface area contributed by atoms with Gasteiger partial charge < -0.3 is 19.5 Å². The summed E-state index contributed by atoms with van der Waals surface area (Å²) in [5.74, 6) is -0.948. The first kappa shape index (κ1) is 32.5. The van der Waals surface area contributed by atoms with Crippen molar-refractivity contribution in [1.29, 1.82) is 0 Å². The minimum absolute atomic E-state index is 0.108. The molecule has 5 rings (SSSR count). The summed E-state index contributed by atoms with van der Waals surface area (Å²) in [6, 6.07) is 22.2. The summed E-state index contributed by atoms with van der Waals surface area (Å²) in [5.41, 5.74) is 6.58. The number of esters is 1. The third-order valence-corrected chi connectivity index (χ3v) is 8.78. The first-order valence-electron chi connectivity index (χ1n) is 14.8. The number of hydrogen-bond donors (Lipinski definition) is 2. The molecule has 1 aliphatic rings. The molecule has 0 bridgehead atoms. The number of methoxy groups -OCH3 is 1. The Morgan fingerprint density at radius 2 is 1.61 bits per heavy atom. The molecule has 10 heteroatoms. The molecule has 2 N–H and O–H groups in total. The summed E-state index contributed by atoms with van der Waals surface area (Å²) in [5, 5.41) is 9.49. The van der Waals surface area contributed by atoms with Crippen LogP contribution in [0.15, 0.2) is 72.8 Å². The Balaban J connectivity index is 1.59. The maximum atomic E-state index is 14.2. The van der Waals surface area contributed by atoms with Crippen LogP contribution in [-0.2, 0) is 16.5 Å². The van der Waals surface area contributed by atoms with Crippen molar-refractivity contribution in [3.05, 3.63) is 117 Å². The highest BCUT2D eigenvalue weighted by molar-refractivity contribution is 7.85. The summed E-state index contributed by atoms with van der Waals surface area (Å²) in [4.78, 5) is 27.9. The molecule has 46 heavy (non-hydrogen) atoms. The van der Waals surface area contributed by atoms with Crippen LogP contribution in [0.3, 0.4) is 0 Å². The Morgan fingerprint density at radius 3 is 2.26 bits per heavy atom. The van der Waals surface area contributed by atoms with Gasteiger partial charge in [-0.1, -0.05) is 48.6 Å². The van der Waals surface area contributed by atoms with Crippen molar-refractivity contribution in [2.24, 2.45) is 0 Å². The Morgan fingerprint density at radius 1 is 0.913 bits per heavy atom. The topological polar surface area (TPSA) is 130 Å². The van der Waals surface area contributed by atoms with Gasteiger partial charge in [0.1, 0.15) is 11.5 Å². The molecule has 1 aliphatic heterocycles. The third-order valence-electron chi connectivity index (χ3n) is 7.97. The second-order valence-corrected chi connectivity index (χ2v) is 12.8. The number of carboxylic acid groups (broad SMARTS) is 1. The predicted molar refractivity (Wildman–Crippen MR) is 178 cm³/mol. The number of benzene rings is 4. The summed E-state index contributed by atoms with van der Waals surface area (Å²) in [7, 11) is -2.47. The largest absolute Gasteiger partial charge is 0.497 e. The third kappa shape index (κ3) is 7.30. The second kappa shape index (κ2) is 13.6. The van der Waals surface area contributed by atoms with Gasteiger partial charge in [-0.2, -0.15) is 8.42 Å². The molecule has 0 unspecified atom stereocenters. The van der Waals surface area contributed by atoms with Crippen molar-refractivity contribution in [2.45, 2.75) is 33.1 Å². The number of aromatic carboxylic acids is 1. The number of ether oxygens (including phenoxy) is 2. The maximum absolute atomic E-state index is 14.2. The molecule has 0 saturated heterocycles. The van der Waals surface area contributed by atoms with E-state index in [4.69, 9.17) is 9.47 Å². The maximum Gasteiger partial charge on any atom is 0.344 e. The number of carbonyl (C=O) groups is 2. The van der Waals surface area contributed by atoms with Crippen molar-refractivity contribution < 1.29 is 37.1 Å². The van der Waals surface area contributed by atoms with Crippen molar-refractivity contribution >= 4 is 45.6 Å². The Bertz CT molecular complexity index is 1910. The lowest BCUT2D eigenvalue weighted by Gasteiger charge is -2.35. The van der Waals surface area contributed by atoms with E-state index in [1.54, 1.807) is 21.0 Å². The number of rotatable bonds is 11. The normalized spacial score (nSPS) is 12.5. The molecule has 0 fully saturated rings. The van der Waals surface area contributed by atoms with Crippen molar-refractivity contribution in [2.75, 3.05) is 24.3 Å². The fraction of sp³-hybridized carbons (Fsp3) is 0.222. The van der Waals surface area contributed by atoms with Gasteiger partial charge in [-0.25, -0.2) is 9.59 Å². The van der Waals surface area contributed by atoms with E-state index in [0.29, 0.717) is 47.4 Å². The number of para-hydroxylation sites is 1. The number of nitrogens with zero attached hydrogens (tertiary/aromatic N) is 1. The highest BCUT2D eigenvalue weighted by Gasteiger charge is 2.29. The fourth-order valence-electron chi connectivity index (χ4n) is 5.79. The van der Waals surface area contributed by atoms with Crippen molar-refractivity contribution in [1.82, 2.24) is 0 Å². The minimum atomic E-state index is -4.08. The number of anilines is 2. The summed E-state index contributed by atoms with van der Waals surface area (Å²) in [6.07, 6.45) is 4.98. The van der Waals surface area contributed by atoms with Gasteiger partial charge in [-0.3, -0.25) is 4.55 Å². The van der Waals surface area contributed by atoms with Gasteiger partial charge in [0, 0.05) is 24.3 Å². The molecule has 0 spiro atoms. The Hall–Kier alpha value is -4.93. The fourth-order valence-corrected chi connectivity index (χ4v) is 6.35. The number of fused-ring (bicyclic) bond motifs is 2. The summed E-state index contributed by atoms with van der Waals surface area (Å²) < 4.78 is 43.2. The highest BCUT2D eigenvalue weighted by Crippen LogP contribution is 2.42. The van der Waals surface area contributed by atoms with Crippen LogP contribution in [0.4, 0.5) is 11.4 Å². The lowest BCUT2D eigenvalue weighted by molar-refractivity contribution is 0.0696. The summed E-state index contributed by atoms with van der Waals surface area (Å²) in [6.45, 7) is 3.87. The molecule has 9 nitrogen and oxygen atoms in total. The lowest BCUT2D eigenvalue weighted by Crippen LogP contribution is -2.27. The number of unbranched alkanes of at least 4 members (excludes halogenated alkanes) is 1.